The fraction of sp³-hybridized carbons (Fsp3) is 0.500. The van der Waals surface area contributed by atoms with Crippen LogP contribution in [0.1, 0.15) is 45.4 Å². The van der Waals surface area contributed by atoms with Gasteiger partial charge in [0.2, 0.25) is 0 Å². The van der Waals surface area contributed by atoms with Gasteiger partial charge in [-0.3, -0.25) is 4.79 Å². The molecule has 19 heavy (non-hydrogen) atoms. The van der Waals surface area contributed by atoms with Crippen LogP contribution in [0.25, 0.3) is 6.08 Å². The van der Waals surface area contributed by atoms with Gasteiger partial charge in [-0.2, -0.15) is 5.10 Å². The van der Waals surface area contributed by atoms with Crippen LogP contribution in [0, 0.1) is 0 Å². The molecular weight excluding hydrogens is 244 g/mol. The lowest BCUT2D eigenvalue weighted by molar-refractivity contribution is -0.131. The summed E-state index contributed by atoms with van der Waals surface area (Å²) in [6, 6.07) is 1.66. The predicted molar refractivity (Wildman–Crippen MR) is 74.2 cm³/mol. The van der Waals surface area contributed by atoms with Crippen molar-refractivity contribution < 1.29 is 9.90 Å². The maximum Gasteiger partial charge on any atom is 0.328 e. The van der Waals surface area contributed by atoms with E-state index in [9.17, 15) is 9.59 Å². The molecule has 0 atom stereocenters. The van der Waals surface area contributed by atoms with Crippen molar-refractivity contribution >= 4 is 12.0 Å². The van der Waals surface area contributed by atoms with E-state index in [0.29, 0.717) is 12.1 Å². The van der Waals surface area contributed by atoms with Crippen LogP contribution in [-0.4, -0.2) is 20.9 Å². The highest BCUT2D eigenvalue weighted by atomic mass is 16.4. The Bertz CT molecular complexity index is 551. The Morgan fingerprint density at radius 2 is 2.11 bits per heavy atom. The zero-order chi connectivity index (χ0) is 14.6. The van der Waals surface area contributed by atoms with E-state index in [1.165, 1.54) is 10.8 Å². The third-order valence-corrected chi connectivity index (χ3v) is 2.61. The predicted octanol–water partition coefficient (Wildman–Crippen LogP) is 2.05. The highest BCUT2D eigenvalue weighted by Crippen LogP contribution is 2.19. The highest BCUT2D eigenvalue weighted by molar-refractivity contribution is 5.85. The smallest absolute Gasteiger partial charge is 0.328 e. The van der Waals surface area contributed by atoms with E-state index in [1.54, 1.807) is 6.07 Å². The SMILES string of the molecule is CCCn1nc(C(C)(C)C)cc(/C=C/C(=O)O)c1=O. The van der Waals surface area contributed by atoms with Crippen molar-refractivity contribution in [3.63, 3.8) is 0 Å². The maximum atomic E-state index is 12.1. The number of hydrogen-bond acceptors (Lipinski definition) is 3. The molecular formula is C14H20N2O3. The second-order valence-corrected chi connectivity index (χ2v) is 5.43. The van der Waals surface area contributed by atoms with Gasteiger partial charge in [0, 0.05) is 23.6 Å². The van der Waals surface area contributed by atoms with Crippen LogP contribution in [0.4, 0.5) is 0 Å². The number of aliphatic carboxylic acids is 1. The Morgan fingerprint density at radius 1 is 1.47 bits per heavy atom. The maximum absolute atomic E-state index is 12.1. The van der Waals surface area contributed by atoms with Gasteiger partial charge in [0.15, 0.2) is 0 Å². The lowest BCUT2D eigenvalue weighted by Gasteiger charge is -2.19. The molecule has 0 radical (unpaired) electrons. The number of carbonyl (C=O) groups is 1. The largest absolute Gasteiger partial charge is 0.478 e. The molecule has 104 valence electrons. The van der Waals surface area contributed by atoms with E-state index < -0.39 is 5.97 Å². The van der Waals surface area contributed by atoms with Gasteiger partial charge in [-0.25, -0.2) is 9.48 Å². The summed E-state index contributed by atoms with van der Waals surface area (Å²) in [6.45, 7) is 8.49. The van der Waals surface area contributed by atoms with Crippen LogP contribution in [0.3, 0.4) is 0 Å². The fourth-order valence-corrected chi connectivity index (χ4v) is 1.57. The van der Waals surface area contributed by atoms with Gasteiger partial charge in [-0.15, -0.1) is 0 Å². The van der Waals surface area contributed by atoms with Gasteiger partial charge in [0.05, 0.1) is 5.69 Å². The van der Waals surface area contributed by atoms with Gasteiger partial charge in [-0.1, -0.05) is 27.7 Å². The van der Waals surface area contributed by atoms with Gasteiger partial charge in [0.1, 0.15) is 0 Å². The molecule has 0 amide bonds. The Hall–Kier alpha value is -1.91. The molecule has 0 bridgehead atoms. The lowest BCUT2D eigenvalue weighted by Crippen LogP contribution is -2.29. The topological polar surface area (TPSA) is 72.2 Å². The molecule has 0 fully saturated rings. The van der Waals surface area contributed by atoms with Crippen molar-refractivity contribution in [1.82, 2.24) is 9.78 Å². The van der Waals surface area contributed by atoms with Gasteiger partial charge >= 0.3 is 5.97 Å². The number of aromatic nitrogens is 2. The molecule has 1 heterocycles. The molecule has 1 rings (SSSR count). The van der Waals surface area contributed by atoms with E-state index in [0.717, 1.165) is 18.2 Å². The van der Waals surface area contributed by atoms with Crippen molar-refractivity contribution in [1.29, 1.82) is 0 Å². The number of hydrogen-bond donors (Lipinski definition) is 1. The first-order chi connectivity index (χ1) is 8.75. The van der Waals surface area contributed by atoms with Crippen LogP contribution in [0.2, 0.25) is 0 Å². The third kappa shape index (κ3) is 4.05. The molecule has 0 unspecified atom stereocenters. The average molecular weight is 264 g/mol. The summed E-state index contributed by atoms with van der Waals surface area (Å²) in [5.74, 6) is -1.07. The number of carboxylic acids is 1. The summed E-state index contributed by atoms with van der Waals surface area (Å²) in [4.78, 5) is 22.7. The zero-order valence-electron chi connectivity index (χ0n) is 11.8. The lowest BCUT2D eigenvalue weighted by atomic mass is 9.91. The van der Waals surface area contributed by atoms with Crippen molar-refractivity contribution in [2.45, 2.75) is 46.1 Å². The number of aryl methyl sites for hydroxylation is 1. The summed E-state index contributed by atoms with van der Waals surface area (Å²) in [7, 11) is 0. The van der Waals surface area contributed by atoms with Crippen molar-refractivity contribution in [3.8, 4) is 0 Å². The van der Waals surface area contributed by atoms with Crippen molar-refractivity contribution in [3.05, 3.63) is 33.8 Å². The van der Waals surface area contributed by atoms with Gasteiger partial charge in [-0.05, 0) is 18.6 Å². The Balaban J connectivity index is 3.40. The summed E-state index contributed by atoms with van der Waals surface area (Å²) < 4.78 is 1.40. The van der Waals surface area contributed by atoms with Crippen LogP contribution in [0.5, 0.6) is 0 Å². The Morgan fingerprint density at radius 3 is 2.58 bits per heavy atom. The third-order valence-electron chi connectivity index (χ3n) is 2.61. The minimum atomic E-state index is -1.07. The highest BCUT2D eigenvalue weighted by Gasteiger charge is 2.18. The fourth-order valence-electron chi connectivity index (χ4n) is 1.57. The first kappa shape index (κ1) is 15.1. The molecule has 1 N–H and O–H groups in total. The number of nitrogens with zero attached hydrogens (tertiary/aromatic N) is 2. The standard InChI is InChI=1S/C14H20N2O3/c1-5-8-16-13(19)10(6-7-12(17)18)9-11(15-16)14(2,3)4/h6-7,9H,5,8H2,1-4H3,(H,17,18)/b7-6+. The van der Waals surface area contributed by atoms with Crippen LogP contribution >= 0.6 is 0 Å². The summed E-state index contributed by atoms with van der Waals surface area (Å²) in [6.07, 6.45) is 3.09. The quantitative estimate of drug-likeness (QED) is 0.845. The molecule has 0 aromatic carbocycles. The summed E-state index contributed by atoms with van der Waals surface area (Å²) in [5, 5.41) is 13.0. The van der Waals surface area contributed by atoms with Gasteiger partial charge < -0.3 is 5.11 Å². The monoisotopic (exact) mass is 264 g/mol. The molecule has 5 heteroatoms. The molecule has 5 nitrogen and oxygen atoms in total. The van der Waals surface area contributed by atoms with Gasteiger partial charge in [0.25, 0.3) is 5.56 Å². The first-order valence-corrected chi connectivity index (χ1v) is 6.29. The minimum absolute atomic E-state index is 0.199. The molecule has 0 aliphatic carbocycles. The van der Waals surface area contributed by atoms with E-state index in [4.69, 9.17) is 5.11 Å². The van der Waals surface area contributed by atoms with E-state index >= 15 is 0 Å². The van der Waals surface area contributed by atoms with E-state index in [2.05, 4.69) is 5.10 Å². The summed E-state index contributed by atoms with van der Waals surface area (Å²) in [5.41, 5.74) is 0.670. The average Bonchev–Trinajstić information content (AvgIpc) is 2.28. The molecule has 0 saturated carbocycles. The second kappa shape index (κ2) is 5.82. The van der Waals surface area contributed by atoms with E-state index in [-0.39, 0.29) is 11.0 Å². The zero-order valence-corrected chi connectivity index (χ0v) is 11.8. The van der Waals surface area contributed by atoms with Crippen LogP contribution in [-0.2, 0) is 16.8 Å². The molecule has 0 saturated heterocycles. The Labute approximate surface area is 112 Å². The van der Waals surface area contributed by atoms with Crippen molar-refractivity contribution in [2.24, 2.45) is 0 Å². The molecule has 1 aromatic rings. The minimum Gasteiger partial charge on any atom is -0.478 e. The molecule has 1 aromatic heterocycles. The number of rotatable bonds is 4. The Kier molecular flexibility index (Phi) is 4.64. The number of carboxylic acid groups (broad SMARTS) is 1. The molecule has 0 aliphatic rings. The summed E-state index contributed by atoms with van der Waals surface area (Å²) >= 11 is 0. The second-order valence-electron chi connectivity index (χ2n) is 5.43. The first-order valence-electron chi connectivity index (χ1n) is 6.29. The van der Waals surface area contributed by atoms with Crippen LogP contribution < -0.4 is 5.56 Å². The molecule has 0 aliphatic heterocycles. The molecule has 0 spiro atoms. The van der Waals surface area contributed by atoms with E-state index in [1.807, 2.05) is 27.7 Å². The normalized spacial score (nSPS) is 12.0. The van der Waals surface area contributed by atoms with Crippen molar-refractivity contribution in [2.75, 3.05) is 0 Å². The van der Waals surface area contributed by atoms with Crippen LogP contribution in [0.15, 0.2) is 16.9 Å².